The second-order valence-electron chi connectivity index (χ2n) is 14.4. The van der Waals surface area contributed by atoms with Gasteiger partial charge in [-0.2, -0.15) is 0 Å². The number of hydrogen-bond donors (Lipinski definition) is 0. The Morgan fingerprint density at radius 3 is 1.29 bits per heavy atom. The molecule has 256 valence electrons. The Morgan fingerprint density at radius 2 is 0.764 bits per heavy atom. The van der Waals surface area contributed by atoms with Gasteiger partial charge in [0.2, 0.25) is 0 Å². The highest BCUT2D eigenvalue weighted by Crippen LogP contribution is 2.37. The van der Waals surface area contributed by atoms with E-state index in [0.29, 0.717) is 0 Å². The van der Waals surface area contributed by atoms with Crippen molar-refractivity contribution in [3.8, 4) is 33.8 Å². The molecule has 4 nitrogen and oxygen atoms in total. The Bertz CT molecular complexity index is 3360. The zero-order valence-corrected chi connectivity index (χ0v) is 29.8. The van der Waals surface area contributed by atoms with E-state index in [2.05, 4.69) is 208 Å². The molecule has 12 aromatic rings. The van der Waals surface area contributed by atoms with Crippen LogP contribution >= 0.6 is 0 Å². The van der Waals surface area contributed by atoms with E-state index in [1.54, 1.807) is 0 Å². The van der Waals surface area contributed by atoms with Gasteiger partial charge in [0.1, 0.15) is 5.65 Å². The largest absolute Gasteiger partial charge is 0.309 e. The fourth-order valence-corrected chi connectivity index (χ4v) is 8.92. The van der Waals surface area contributed by atoms with Crippen LogP contribution in [0.2, 0.25) is 0 Å². The van der Waals surface area contributed by atoms with Crippen LogP contribution in [-0.2, 0) is 0 Å². The van der Waals surface area contributed by atoms with Crippen molar-refractivity contribution in [2.75, 3.05) is 0 Å². The number of rotatable bonds is 4. The third-order valence-corrected chi connectivity index (χ3v) is 11.4. The smallest absolute Gasteiger partial charge is 0.146 e. The number of fused-ring (bicyclic) bond motifs is 11. The monoisotopic (exact) mass is 700 g/mol. The fraction of sp³-hybridized carbons (Fsp3) is 0. The maximum absolute atomic E-state index is 5.25. The van der Waals surface area contributed by atoms with Gasteiger partial charge < -0.3 is 9.13 Å². The van der Waals surface area contributed by atoms with E-state index >= 15 is 0 Å². The van der Waals surface area contributed by atoms with Gasteiger partial charge in [-0.3, -0.25) is 4.40 Å². The molecule has 0 amide bonds. The van der Waals surface area contributed by atoms with E-state index in [-0.39, 0.29) is 0 Å². The molecule has 0 radical (unpaired) electrons. The molecule has 0 saturated carbocycles. The van der Waals surface area contributed by atoms with Crippen LogP contribution in [0.15, 0.2) is 194 Å². The van der Waals surface area contributed by atoms with E-state index in [1.807, 2.05) is 0 Å². The molecule has 4 heterocycles. The summed E-state index contributed by atoms with van der Waals surface area (Å²) in [6.45, 7) is 0. The molecule has 4 heteroatoms. The summed E-state index contributed by atoms with van der Waals surface area (Å²) in [7, 11) is 0. The van der Waals surface area contributed by atoms with Gasteiger partial charge in [0.15, 0.2) is 0 Å². The predicted octanol–water partition coefficient (Wildman–Crippen LogP) is 13.2. The number of nitrogens with zero attached hydrogens (tertiary/aromatic N) is 4. The van der Waals surface area contributed by atoms with Crippen LogP contribution in [0, 0.1) is 0 Å². The summed E-state index contributed by atoms with van der Waals surface area (Å²) < 4.78 is 7.09. The Kier molecular flexibility index (Phi) is 6.31. The molecule has 0 spiro atoms. The van der Waals surface area contributed by atoms with Crippen LogP contribution in [-0.4, -0.2) is 18.5 Å². The van der Waals surface area contributed by atoms with E-state index in [9.17, 15) is 0 Å². The van der Waals surface area contributed by atoms with Crippen LogP contribution in [0.25, 0.3) is 105 Å². The first-order valence-corrected chi connectivity index (χ1v) is 18.8. The van der Waals surface area contributed by atoms with Crippen molar-refractivity contribution in [1.82, 2.24) is 18.5 Å². The maximum atomic E-state index is 5.25. The first-order chi connectivity index (χ1) is 27.3. The number of pyridine rings is 1. The first kappa shape index (κ1) is 30.1. The molecular formula is C51H32N4. The third kappa shape index (κ3) is 4.43. The first-order valence-electron chi connectivity index (χ1n) is 18.8. The van der Waals surface area contributed by atoms with Crippen LogP contribution in [0.5, 0.6) is 0 Å². The second kappa shape index (κ2) is 11.5. The number of imidazole rings is 1. The Balaban J connectivity index is 1.00. The molecule has 0 atom stereocenters. The van der Waals surface area contributed by atoms with Crippen molar-refractivity contribution in [3.63, 3.8) is 0 Å². The molecule has 0 fully saturated rings. The van der Waals surface area contributed by atoms with Crippen LogP contribution in [0.1, 0.15) is 0 Å². The summed E-state index contributed by atoms with van der Waals surface area (Å²) >= 11 is 0. The minimum Gasteiger partial charge on any atom is -0.309 e. The highest BCUT2D eigenvalue weighted by Gasteiger charge is 2.17. The highest BCUT2D eigenvalue weighted by atomic mass is 15.0. The van der Waals surface area contributed by atoms with Gasteiger partial charge in [0.05, 0.1) is 38.8 Å². The van der Waals surface area contributed by atoms with E-state index in [1.165, 1.54) is 54.6 Å². The summed E-state index contributed by atoms with van der Waals surface area (Å²) in [4.78, 5) is 5.25. The molecule has 0 N–H and O–H groups in total. The van der Waals surface area contributed by atoms with E-state index in [0.717, 1.165) is 50.3 Å². The lowest BCUT2D eigenvalue weighted by Crippen LogP contribution is -1.96. The molecule has 0 bridgehead atoms. The van der Waals surface area contributed by atoms with Crippen molar-refractivity contribution < 1.29 is 0 Å². The van der Waals surface area contributed by atoms with Gasteiger partial charge in [0.25, 0.3) is 0 Å². The molecule has 12 rings (SSSR count). The van der Waals surface area contributed by atoms with Crippen molar-refractivity contribution in [2.24, 2.45) is 0 Å². The van der Waals surface area contributed by atoms with Gasteiger partial charge in [-0.25, -0.2) is 4.98 Å². The summed E-state index contributed by atoms with van der Waals surface area (Å²) in [6, 6.07) is 70.2. The molecule has 55 heavy (non-hydrogen) atoms. The van der Waals surface area contributed by atoms with Crippen molar-refractivity contribution in [2.45, 2.75) is 0 Å². The number of aromatic nitrogens is 4. The molecule has 4 aromatic heterocycles. The lowest BCUT2D eigenvalue weighted by Gasteiger charge is -2.13. The predicted molar refractivity (Wildman–Crippen MR) is 230 cm³/mol. The zero-order chi connectivity index (χ0) is 36.0. The average Bonchev–Trinajstić information content (AvgIpc) is 3.92. The normalized spacial score (nSPS) is 12.0. The van der Waals surface area contributed by atoms with Crippen LogP contribution < -0.4 is 0 Å². The molecule has 0 aliphatic carbocycles. The van der Waals surface area contributed by atoms with Gasteiger partial charge in [-0.05, 0) is 88.8 Å². The summed E-state index contributed by atoms with van der Waals surface area (Å²) in [6.07, 6.45) is 0. The molecule has 8 aromatic carbocycles. The minimum absolute atomic E-state index is 0.966. The molecule has 0 aliphatic rings. The standard InChI is InChI=1S/C51H32N4/c1-2-12-39-36(11-1)32-49(34-23-28-38(29-24-34)54-47-19-9-5-15-42(47)43-16-6-10-20-48(43)54)55-50-31-35(25-30-44(50)52-51(39)55)33-21-26-37(27-22-33)53-45-17-7-3-13-40(45)41-14-4-8-18-46(41)53/h1-32H. The Labute approximate surface area is 316 Å². The number of para-hydroxylation sites is 4. The highest BCUT2D eigenvalue weighted by molar-refractivity contribution is 6.10. The van der Waals surface area contributed by atoms with Crippen molar-refractivity contribution >= 4 is 71.1 Å². The maximum Gasteiger partial charge on any atom is 0.146 e. The molecule has 0 unspecified atom stereocenters. The quantitative estimate of drug-likeness (QED) is 0.180. The third-order valence-electron chi connectivity index (χ3n) is 11.4. The Hall–Kier alpha value is -7.43. The minimum atomic E-state index is 0.966. The van der Waals surface area contributed by atoms with E-state index in [4.69, 9.17) is 4.98 Å². The number of hydrogen-bond acceptors (Lipinski definition) is 1. The fourth-order valence-electron chi connectivity index (χ4n) is 8.92. The van der Waals surface area contributed by atoms with Gasteiger partial charge in [-0.1, -0.05) is 127 Å². The zero-order valence-electron chi connectivity index (χ0n) is 29.8. The SMILES string of the molecule is c1ccc2c(c1)cc(-c1ccc(-n3c4ccccc4c4ccccc43)cc1)n1c3cc(-c4ccc(-n5c6ccccc6c6ccccc65)cc4)ccc3nc21. The molecule has 0 aliphatic heterocycles. The van der Waals surface area contributed by atoms with Crippen molar-refractivity contribution in [3.05, 3.63) is 194 Å². The topological polar surface area (TPSA) is 27.2 Å². The second-order valence-corrected chi connectivity index (χ2v) is 14.4. The molecule has 0 saturated heterocycles. The van der Waals surface area contributed by atoms with Gasteiger partial charge >= 0.3 is 0 Å². The van der Waals surface area contributed by atoms with Crippen molar-refractivity contribution in [1.29, 1.82) is 0 Å². The summed E-state index contributed by atoms with van der Waals surface area (Å²) in [5.74, 6) is 0. The van der Waals surface area contributed by atoms with Gasteiger partial charge in [-0.15, -0.1) is 0 Å². The summed E-state index contributed by atoms with van der Waals surface area (Å²) in [5, 5.41) is 7.38. The summed E-state index contributed by atoms with van der Waals surface area (Å²) in [5.41, 5.74) is 14.7. The van der Waals surface area contributed by atoms with Gasteiger partial charge in [0, 0.05) is 38.3 Å². The lowest BCUT2D eigenvalue weighted by atomic mass is 10.0. The van der Waals surface area contributed by atoms with Crippen LogP contribution in [0.3, 0.4) is 0 Å². The van der Waals surface area contributed by atoms with Crippen LogP contribution in [0.4, 0.5) is 0 Å². The lowest BCUT2D eigenvalue weighted by molar-refractivity contribution is 1.18. The molecular weight excluding hydrogens is 669 g/mol. The number of benzene rings is 8. The Morgan fingerprint density at radius 1 is 0.327 bits per heavy atom. The average molecular weight is 701 g/mol. The van der Waals surface area contributed by atoms with E-state index < -0.39 is 0 Å².